The first-order chi connectivity index (χ1) is 10.2. The van der Waals surface area contributed by atoms with Gasteiger partial charge in [-0.3, -0.25) is 0 Å². The van der Waals surface area contributed by atoms with Gasteiger partial charge in [0.25, 0.3) is 0 Å². The Morgan fingerprint density at radius 3 is 2.10 bits per heavy atom. The second-order valence-corrected chi connectivity index (χ2v) is 5.44. The molecule has 0 aliphatic carbocycles. The third-order valence-electron chi connectivity index (χ3n) is 3.99. The Balaban J connectivity index is 2.25. The van der Waals surface area contributed by atoms with Crippen molar-refractivity contribution < 1.29 is 5.11 Å². The van der Waals surface area contributed by atoms with E-state index in [2.05, 4.69) is 55.5 Å². The SMILES string of the molecule is CCC(O)/C(C)=C(/CCc1ccccc1)c1ccccc1. The number of rotatable bonds is 6. The van der Waals surface area contributed by atoms with Gasteiger partial charge < -0.3 is 5.11 Å². The summed E-state index contributed by atoms with van der Waals surface area (Å²) in [5.41, 5.74) is 4.93. The van der Waals surface area contributed by atoms with E-state index in [4.69, 9.17) is 0 Å². The van der Waals surface area contributed by atoms with Gasteiger partial charge in [0.05, 0.1) is 6.10 Å². The fourth-order valence-corrected chi connectivity index (χ4v) is 2.63. The van der Waals surface area contributed by atoms with Crippen LogP contribution in [0.25, 0.3) is 5.57 Å². The van der Waals surface area contributed by atoms with Crippen molar-refractivity contribution in [2.24, 2.45) is 0 Å². The predicted molar refractivity (Wildman–Crippen MR) is 90.1 cm³/mol. The predicted octanol–water partition coefficient (Wildman–Crippen LogP) is 4.86. The van der Waals surface area contributed by atoms with Crippen molar-refractivity contribution >= 4 is 5.57 Å². The molecule has 2 rings (SSSR count). The molecule has 1 nitrogen and oxygen atoms in total. The van der Waals surface area contributed by atoms with E-state index in [0.717, 1.165) is 24.8 Å². The number of benzene rings is 2. The zero-order valence-electron chi connectivity index (χ0n) is 12.9. The summed E-state index contributed by atoms with van der Waals surface area (Å²) < 4.78 is 0. The zero-order chi connectivity index (χ0) is 15.1. The molecule has 2 aromatic carbocycles. The van der Waals surface area contributed by atoms with Crippen LogP contribution in [0.1, 0.15) is 37.8 Å². The lowest BCUT2D eigenvalue weighted by Gasteiger charge is -2.17. The second kappa shape index (κ2) is 7.80. The van der Waals surface area contributed by atoms with Crippen molar-refractivity contribution in [2.75, 3.05) is 0 Å². The highest BCUT2D eigenvalue weighted by atomic mass is 16.3. The summed E-state index contributed by atoms with van der Waals surface area (Å²) in [6.07, 6.45) is 2.36. The molecule has 0 fully saturated rings. The van der Waals surface area contributed by atoms with Gasteiger partial charge in [0.15, 0.2) is 0 Å². The summed E-state index contributed by atoms with van der Waals surface area (Å²) >= 11 is 0. The lowest BCUT2D eigenvalue weighted by Crippen LogP contribution is -2.09. The van der Waals surface area contributed by atoms with E-state index in [0.29, 0.717) is 0 Å². The summed E-state index contributed by atoms with van der Waals surface area (Å²) in [5, 5.41) is 10.2. The first-order valence-electron chi connectivity index (χ1n) is 7.69. The quantitative estimate of drug-likeness (QED) is 0.801. The van der Waals surface area contributed by atoms with Gasteiger partial charge >= 0.3 is 0 Å². The van der Waals surface area contributed by atoms with E-state index in [1.807, 2.05) is 19.1 Å². The van der Waals surface area contributed by atoms with Crippen LogP contribution in [0.15, 0.2) is 66.2 Å². The molecule has 0 aromatic heterocycles. The molecule has 0 aliphatic heterocycles. The Morgan fingerprint density at radius 1 is 0.952 bits per heavy atom. The highest BCUT2D eigenvalue weighted by molar-refractivity contribution is 5.69. The highest BCUT2D eigenvalue weighted by Gasteiger charge is 2.12. The van der Waals surface area contributed by atoms with Crippen LogP contribution in [0.4, 0.5) is 0 Å². The molecule has 0 radical (unpaired) electrons. The van der Waals surface area contributed by atoms with Gasteiger partial charge in [0.2, 0.25) is 0 Å². The number of hydrogen-bond acceptors (Lipinski definition) is 1. The van der Waals surface area contributed by atoms with Crippen LogP contribution in [-0.4, -0.2) is 11.2 Å². The Kier molecular flexibility index (Phi) is 5.77. The lowest BCUT2D eigenvalue weighted by atomic mass is 9.91. The topological polar surface area (TPSA) is 20.2 Å². The summed E-state index contributed by atoms with van der Waals surface area (Å²) in [6, 6.07) is 20.9. The minimum atomic E-state index is -0.351. The molecule has 1 atom stereocenters. The van der Waals surface area contributed by atoms with Crippen LogP contribution < -0.4 is 0 Å². The summed E-state index contributed by atoms with van der Waals surface area (Å²) in [7, 11) is 0. The van der Waals surface area contributed by atoms with Gasteiger partial charge in [-0.25, -0.2) is 0 Å². The molecule has 0 saturated carbocycles. The summed E-state index contributed by atoms with van der Waals surface area (Å²) in [6.45, 7) is 4.08. The normalized spacial score (nSPS) is 13.7. The standard InChI is InChI=1S/C20H24O/c1-3-20(21)16(2)19(18-12-8-5-9-13-18)15-14-17-10-6-4-7-11-17/h4-13,20-21H,3,14-15H2,1-2H3/b19-16-. The molecule has 0 amide bonds. The minimum absolute atomic E-state index is 0.351. The van der Waals surface area contributed by atoms with Gasteiger partial charge in [-0.05, 0) is 48.5 Å². The van der Waals surface area contributed by atoms with E-state index in [-0.39, 0.29) is 6.10 Å². The molecule has 1 unspecified atom stereocenters. The van der Waals surface area contributed by atoms with Gasteiger partial charge in [0, 0.05) is 0 Å². The zero-order valence-corrected chi connectivity index (χ0v) is 12.9. The molecule has 1 heteroatoms. The van der Waals surface area contributed by atoms with Crippen molar-refractivity contribution in [1.82, 2.24) is 0 Å². The van der Waals surface area contributed by atoms with Crippen LogP contribution in [0, 0.1) is 0 Å². The van der Waals surface area contributed by atoms with Crippen LogP contribution >= 0.6 is 0 Å². The van der Waals surface area contributed by atoms with Gasteiger partial charge in [-0.15, -0.1) is 0 Å². The number of aliphatic hydroxyl groups is 1. The van der Waals surface area contributed by atoms with Gasteiger partial charge in [0.1, 0.15) is 0 Å². The molecule has 0 aliphatic rings. The van der Waals surface area contributed by atoms with Crippen LogP contribution in [0.2, 0.25) is 0 Å². The maximum absolute atomic E-state index is 10.2. The minimum Gasteiger partial charge on any atom is -0.389 e. The molecular formula is C20H24O. The van der Waals surface area contributed by atoms with E-state index in [1.54, 1.807) is 0 Å². The van der Waals surface area contributed by atoms with Crippen molar-refractivity contribution in [3.63, 3.8) is 0 Å². The van der Waals surface area contributed by atoms with E-state index in [1.165, 1.54) is 16.7 Å². The van der Waals surface area contributed by atoms with E-state index in [9.17, 15) is 5.11 Å². The summed E-state index contributed by atoms with van der Waals surface area (Å²) in [4.78, 5) is 0. The van der Waals surface area contributed by atoms with Crippen molar-refractivity contribution in [2.45, 2.75) is 39.2 Å². The fourth-order valence-electron chi connectivity index (χ4n) is 2.63. The van der Waals surface area contributed by atoms with Crippen molar-refractivity contribution in [1.29, 1.82) is 0 Å². The van der Waals surface area contributed by atoms with E-state index < -0.39 is 0 Å². The Labute approximate surface area is 128 Å². The molecule has 0 spiro atoms. The van der Waals surface area contributed by atoms with Crippen molar-refractivity contribution in [3.8, 4) is 0 Å². The van der Waals surface area contributed by atoms with Crippen LogP contribution in [-0.2, 0) is 6.42 Å². The molecule has 21 heavy (non-hydrogen) atoms. The molecule has 2 aromatic rings. The molecule has 0 bridgehead atoms. The average molecular weight is 280 g/mol. The molecule has 110 valence electrons. The largest absolute Gasteiger partial charge is 0.389 e. The van der Waals surface area contributed by atoms with Gasteiger partial charge in [-0.1, -0.05) is 67.6 Å². The fraction of sp³-hybridized carbons (Fsp3) is 0.300. The maximum Gasteiger partial charge on any atom is 0.0750 e. The van der Waals surface area contributed by atoms with Crippen LogP contribution in [0.5, 0.6) is 0 Å². The first kappa shape index (κ1) is 15.5. The Morgan fingerprint density at radius 2 is 1.52 bits per heavy atom. The number of aryl methyl sites for hydroxylation is 1. The second-order valence-electron chi connectivity index (χ2n) is 5.44. The third kappa shape index (κ3) is 4.30. The lowest BCUT2D eigenvalue weighted by molar-refractivity contribution is 0.207. The smallest absolute Gasteiger partial charge is 0.0750 e. The molecular weight excluding hydrogens is 256 g/mol. The molecule has 1 N–H and O–H groups in total. The highest BCUT2D eigenvalue weighted by Crippen LogP contribution is 2.26. The molecule has 0 heterocycles. The third-order valence-corrected chi connectivity index (χ3v) is 3.99. The Hall–Kier alpha value is -1.86. The monoisotopic (exact) mass is 280 g/mol. The first-order valence-corrected chi connectivity index (χ1v) is 7.69. The maximum atomic E-state index is 10.2. The average Bonchev–Trinajstić information content (AvgIpc) is 2.56. The summed E-state index contributed by atoms with van der Waals surface area (Å²) in [5.74, 6) is 0. The van der Waals surface area contributed by atoms with Crippen molar-refractivity contribution in [3.05, 3.63) is 77.4 Å². The number of aliphatic hydroxyl groups excluding tert-OH is 1. The Bertz CT molecular complexity index is 569. The van der Waals surface area contributed by atoms with Gasteiger partial charge in [-0.2, -0.15) is 0 Å². The molecule has 0 saturated heterocycles. The van der Waals surface area contributed by atoms with Crippen LogP contribution in [0.3, 0.4) is 0 Å². The number of allylic oxidation sites excluding steroid dienone is 1. The number of hydrogen-bond donors (Lipinski definition) is 1. The van der Waals surface area contributed by atoms with E-state index >= 15 is 0 Å².